The Balaban J connectivity index is 2.01. The van der Waals surface area contributed by atoms with E-state index >= 15 is 0 Å². The van der Waals surface area contributed by atoms with Crippen LogP contribution in [0.3, 0.4) is 0 Å². The fourth-order valence-corrected chi connectivity index (χ4v) is 2.75. The number of hydrazine groups is 1. The standard InChI is InChI=1S/C23H24N2O/c1-16-10-12-21(14-18(16)3)24-25(22-13-11-17(2)19(4)15-22)23(26)20-8-6-5-7-9-20/h5-15,24H,1-4H3. The maximum atomic E-state index is 13.2. The van der Waals surface area contributed by atoms with Crippen LogP contribution in [0.5, 0.6) is 0 Å². The van der Waals surface area contributed by atoms with E-state index in [0.29, 0.717) is 5.56 Å². The van der Waals surface area contributed by atoms with Gasteiger partial charge in [-0.05, 0) is 86.3 Å². The van der Waals surface area contributed by atoms with Crippen LogP contribution in [-0.4, -0.2) is 5.91 Å². The number of carbonyl (C=O) groups is 1. The highest BCUT2D eigenvalue weighted by atomic mass is 16.2. The first-order valence-electron chi connectivity index (χ1n) is 8.76. The second kappa shape index (κ2) is 7.44. The summed E-state index contributed by atoms with van der Waals surface area (Å²) in [6, 6.07) is 21.5. The summed E-state index contributed by atoms with van der Waals surface area (Å²) in [5.74, 6) is -0.0907. The Labute approximate surface area is 155 Å². The molecular formula is C23H24N2O. The molecule has 0 bridgehead atoms. The largest absolute Gasteiger partial charge is 0.291 e. The van der Waals surface area contributed by atoms with Crippen LogP contribution in [0.4, 0.5) is 11.4 Å². The molecule has 1 N–H and O–H groups in total. The van der Waals surface area contributed by atoms with Gasteiger partial charge in [-0.3, -0.25) is 10.2 Å². The molecule has 0 aliphatic rings. The predicted molar refractivity (Wildman–Crippen MR) is 109 cm³/mol. The minimum atomic E-state index is -0.0907. The molecule has 0 aliphatic heterocycles. The van der Waals surface area contributed by atoms with E-state index in [1.54, 1.807) is 5.01 Å². The van der Waals surface area contributed by atoms with E-state index in [4.69, 9.17) is 0 Å². The molecule has 132 valence electrons. The summed E-state index contributed by atoms with van der Waals surface area (Å²) in [5, 5.41) is 1.62. The van der Waals surface area contributed by atoms with Crippen molar-refractivity contribution in [1.29, 1.82) is 0 Å². The summed E-state index contributed by atoms with van der Waals surface area (Å²) in [7, 11) is 0. The monoisotopic (exact) mass is 344 g/mol. The molecule has 0 atom stereocenters. The number of amides is 1. The van der Waals surface area contributed by atoms with E-state index in [1.165, 1.54) is 16.7 Å². The Hall–Kier alpha value is -3.07. The third-order valence-corrected chi connectivity index (χ3v) is 4.72. The molecular weight excluding hydrogens is 320 g/mol. The van der Waals surface area contributed by atoms with Crippen LogP contribution in [0.15, 0.2) is 66.7 Å². The average Bonchev–Trinajstić information content (AvgIpc) is 2.65. The fraction of sp³-hybridized carbons (Fsp3) is 0.174. The third kappa shape index (κ3) is 3.77. The molecule has 3 aromatic rings. The van der Waals surface area contributed by atoms with Gasteiger partial charge in [-0.1, -0.05) is 30.3 Å². The molecule has 0 spiro atoms. The second-order valence-electron chi connectivity index (χ2n) is 6.69. The number of hydrogen-bond acceptors (Lipinski definition) is 2. The van der Waals surface area contributed by atoms with Gasteiger partial charge in [-0.15, -0.1) is 0 Å². The third-order valence-electron chi connectivity index (χ3n) is 4.72. The maximum absolute atomic E-state index is 13.2. The molecule has 0 aliphatic carbocycles. The van der Waals surface area contributed by atoms with Gasteiger partial charge in [-0.2, -0.15) is 0 Å². The molecule has 0 heterocycles. The summed E-state index contributed by atoms with van der Waals surface area (Å²) in [5.41, 5.74) is 10.4. The van der Waals surface area contributed by atoms with Crippen molar-refractivity contribution in [2.45, 2.75) is 27.7 Å². The van der Waals surface area contributed by atoms with Crippen molar-refractivity contribution in [1.82, 2.24) is 0 Å². The number of nitrogens with zero attached hydrogens (tertiary/aromatic N) is 1. The molecule has 0 saturated heterocycles. The Bertz CT molecular complexity index is 932. The number of hydrogen-bond donors (Lipinski definition) is 1. The zero-order chi connectivity index (χ0) is 18.7. The first-order chi connectivity index (χ1) is 12.5. The highest BCUT2D eigenvalue weighted by Crippen LogP contribution is 2.23. The Kier molecular flexibility index (Phi) is 5.08. The molecule has 0 unspecified atom stereocenters. The molecule has 3 heteroatoms. The van der Waals surface area contributed by atoms with Gasteiger partial charge in [-0.25, -0.2) is 5.01 Å². The van der Waals surface area contributed by atoms with Crippen molar-refractivity contribution in [2.24, 2.45) is 0 Å². The Morgan fingerprint density at radius 3 is 1.96 bits per heavy atom. The number of rotatable bonds is 4. The van der Waals surface area contributed by atoms with Crippen molar-refractivity contribution in [2.75, 3.05) is 10.4 Å². The normalized spacial score (nSPS) is 10.5. The van der Waals surface area contributed by atoms with Gasteiger partial charge in [0.1, 0.15) is 0 Å². The first-order valence-corrected chi connectivity index (χ1v) is 8.76. The van der Waals surface area contributed by atoms with Crippen LogP contribution in [-0.2, 0) is 0 Å². The summed E-state index contributed by atoms with van der Waals surface area (Å²) in [6.45, 7) is 8.27. The Morgan fingerprint density at radius 1 is 0.731 bits per heavy atom. The highest BCUT2D eigenvalue weighted by molar-refractivity contribution is 6.07. The van der Waals surface area contributed by atoms with Gasteiger partial charge >= 0.3 is 0 Å². The van der Waals surface area contributed by atoms with Crippen LogP contribution in [0.25, 0.3) is 0 Å². The van der Waals surface area contributed by atoms with Crippen molar-refractivity contribution >= 4 is 17.3 Å². The number of nitrogens with one attached hydrogen (secondary N) is 1. The van der Waals surface area contributed by atoms with Crippen molar-refractivity contribution in [3.8, 4) is 0 Å². The summed E-state index contributed by atoms with van der Waals surface area (Å²) >= 11 is 0. The van der Waals surface area contributed by atoms with Crippen LogP contribution >= 0.6 is 0 Å². The molecule has 3 rings (SSSR count). The quantitative estimate of drug-likeness (QED) is 0.625. The van der Waals surface area contributed by atoms with Gasteiger partial charge in [0.2, 0.25) is 0 Å². The topological polar surface area (TPSA) is 32.3 Å². The number of aryl methyl sites for hydroxylation is 4. The van der Waals surface area contributed by atoms with E-state index < -0.39 is 0 Å². The van der Waals surface area contributed by atoms with Gasteiger partial charge in [0.15, 0.2) is 0 Å². The average molecular weight is 344 g/mol. The first kappa shape index (κ1) is 17.7. The minimum Gasteiger partial charge on any atom is -0.291 e. The van der Waals surface area contributed by atoms with E-state index in [2.05, 4.69) is 45.3 Å². The SMILES string of the molecule is Cc1ccc(NN(C(=O)c2ccccc2)c2ccc(C)c(C)c2)cc1C. The Morgan fingerprint density at radius 2 is 1.35 bits per heavy atom. The lowest BCUT2D eigenvalue weighted by molar-refractivity contribution is 0.0992. The van der Waals surface area contributed by atoms with Crippen molar-refractivity contribution in [3.05, 3.63) is 94.5 Å². The minimum absolute atomic E-state index is 0.0907. The lowest BCUT2D eigenvalue weighted by Gasteiger charge is -2.25. The van der Waals surface area contributed by atoms with Crippen molar-refractivity contribution in [3.63, 3.8) is 0 Å². The molecule has 0 radical (unpaired) electrons. The molecule has 3 nitrogen and oxygen atoms in total. The number of benzene rings is 3. The van der Waals surface area contributed by atoms with E-state index in [1.807, 2.05) is 54.6 Å². The molecule has 0 aromatic heterocycles. The zero-order valence-corrected chi connectivity index (χ0v) is 15.7. The summed E-state index contributed by atoms with van der Waals surface area (Å²) in [4.78, 5) is 13.2. The molecule has 1 amide bonds. The van der Waals surface area contributed by atoms with E-state index in [0.717, 1.165) is 16.9 Å². The second-order valence-corrected chi connectivity index (χ2v) is 6.69. The van der Waals surface area contributed by atoms with Gasteiger partial charge in [0, 0.05) is 5.56 Å². The van der Waals surface area contributed by atoms with Crippen LogP contribution in [0.2, 0.25) is 0 Å². The fourth-order valence-electron chi connectivity index (χ4n) is 2.75. The molecule has 26 heavy (non-hydrogen) atoms. The lowest BCUT2D eigenvalue weighted by atomic mass is 10.1. The van der Waals surface area contributed by atoms with E-state index in [-0.39, 0.29) is 5.91 Å². The zero-order valence-electron chi connectivity index (χ0n) is 15.7. The predicted octanol–water partition coefficient (Wildman–Crippen LogP) is 5.59. The smallest absolute Gasteiger partial charge is 0.276 e. The van der Waals surface area contributed by atoms with Crippen molar-refractivity contribution < 1.29 is 4.79 Å². The highest BCUT2D eigenvalue weighted by Gasteiger charge is 2.18. The van der Waals surface area contributed by atoms with Crippen LogP contribution in [0, 0.1) is 27.7 Å². The van der Waals surface area contributed by atoms with Crippen LogP contribution in [0.1, 0.15) is 32.6 Å². The molecule has 0 fully saturated rings. The number of anilines is 2. The summed E-state index contributed by atoms with van der Waals surface area (Å²) in [6.07, 6.45) is 0. The van der Waals surface area contributed by atoms with Gasteiger partial charge in [0.25, 0.3) is 5.91 Å². The van der Waals surface area contributed by atoms with Gasteiger partial charge in [0.05, 0.1) is 11.4 Å². The lowest BCUT2D eigenvalue weighted by Crippen LogP contribution is -2.36. The van der Waals surface area contributed by atoms with E-state index in [9.17, 15) is 4.79 Å². The molecule has 0 saturated carbocycles. The number of carbonyl (C=O) groups excluding carboxylic acids is 1. The molecule has 3 aromatic carbocycles. The summed E-state index contributed by atoms with van der Waals surface area (Å²) < 4.78 is 0. The van der Waals surface area contributed by atoms with Gasteiger partial charge < -0.3 is 0 Å². The maximum Gasteiger partial charge on any atom is 0.276 e. The van der Waals surface area contributed by atoms with Crippen LogP contribution < -0.4 is 10.4 Å².